The molecule has 5 aromatic rings. The van der Waals surface area contributed by atoms with E-state index in [2.05, 4.69) is 35.7 Å². The first kappa shape index (κ1) is 29.6. The van der Waals surface area contributed by atoms with Gasteiger partial charge in [-0.05, 0) is 57.7 Å². The smallest absolute Gasteiger partial charge is 0.295 e. The average molecular weight is 624 g/mol. The molecule has 1 saturated heterocycles. The lowest BCUT2D eigenvalue weighted by Crippen LogP contribution is -2.20. The lowest BCUT2D eigenvalue weighted by atomic mass is 10.1. The number of fused-ring (bicyclic) bond motifs is 1. The predicted molar refractivity (Wildman–Crippen MR) is 161 cm³/mol. The molecule has 44 heavy (non-hydrogen) atoms. The van der Waals surface area contributed by atoms with Crippen molar-refractivity contribution in [3.05, 3.63) is 59.4 Å². The maximum absolute atomic E-state index is 14.4. The van der Waals surface area contributed by atoms with Gasteiger partial charge in [-0.25, -0.2) is 32.2 Å². The fourth-order valence-electron chi connectivity index (χ4n) is 5.31. The summed E-state index contributed by atoms with van der Waals surface area (Å²) in [5.74, 6) is 0.184. The van der Waals surface area contributed by atoms with Crippen LogP contribution in [0.2, 0.25) is 0 Å². The first-order chi connectivity index (χ1) is 21.1. The molecule has 0 aliphatic carbocycles. The van der Waals surface area contributed by atoms with Gasteiger partial charge < -0.3 is 15.4 Å². The molecule has 1 aromatic carbocycles. The van der Waals surface area contributed by atoms with Crippen molar-refractivity contribution in [3.63, 3.8) is 0 Å². The first-order valence-electron chi connectivity index (χ1n) is 14.0. The van der Waals surface area contributed by atoms with E-state index in [4.69, 9.17) is 4.74 Å². The van der Waals surface area contributed by atoms with Crippen molar-refractivity contribution in [2.24, 2.45) is 7.05 Å². The number of imidazole rings is 1. The lowest BCUT2D eigenvalue weighted by Gasteiger charge is -2.25. The van der Waals surface area contributed by atoms with E-state index in [1.165, 1.54) is 10.6 Å². The van der Waals surface area contributed by atoms with Gasteiger partial charge in [0.05, 0.1) is 39.5 Å². The molecule has 0 spiro atoms. The van der Waals surface area contributed by atoms with Crippen molar-refractivity contribution in [2.75, 3.05) is 17.2 Å². The Balaban J connectivity index is 1.50. The number of nitrogens with zero attached hydrogens (tertiary/aromatic N) is 7. The van der Waals surface area contributed by atoms with Crippen LogP contribution in [0.4, 0.5) is 31.8 Å². The van der Waals surface area contributed by atoms with Crippen molar-refractivity contribution in [3.8, 4) is 11.3 Å². The molecule has 1 aliphatic rings. The highest BCUT2D eigenvalue weighted by atomic mass is 32.2. The monoisotopic (exact) mass is 623 g/mol. The van der Waals surface area contributed by atoms with Crippen LogP contribution < -0.4 is 10.6 Å². The molecule has 0 bridgehead atoms. The molecule has 6 rings (SSSR count). The minimum Gasteiger partial charge on any atom is -0.358 e. The number of alkyl halides is 2. The number of nitrogens with one attached hydrogen (secondary N) is 2. The molecule has 0 radical (unpaired) electrons. The van der Waals surface area contributed by atoms with Crippen LogP contribution in [0.1, 0.15) is 54.7 Å². The standard InChI is InChI=1S/C29H31F2N9O3S/c1-15-14-39(4)38-25(15)18-8-9-19(21(11-18)44(41)42)34-20-12-22(35-23-13-32-16(2)17(3)33-23)36-28-26(20)37-29(27(30)31)40(28)24-7-5-6-10-43-24/h8-9,11-14,24,27,44H,5-7,10H2,1-4H3,(H2,33,34,35,36). The molecule has 230 valence electrons. The van der Waals surface area contributed by atoms with Crippen molar-refractivity contribution in [1.29, 1.82) is 0 Å². The van der Waals surface area contributed by atoms with Gasteiger partial charge in [0.2, 0.25) is 0 Å². The number of hydrogen-bond acceptors (Lipinski definition) is 10. The van der Waals surface area contributed by atoms with E-state index in [0.29, 0.717) is 35.8 Å². The highest BCUT2D eigenvalue weighted by Crippen LogP contribution is 2.38. The molecule has 1 atom stereocenters. The third-order valence-corrected chi connectivity index (χ3v) is 8.28. The van der Waals surface area contributed by atoms with E-state index in [-0.39, 0.29) is 33.3 Å². The molecule has 2 N–H and O–H groups in total. The predicted octanol–water partition coefficient (Wildman–Crippen LogP) is 5.64. The topological polar surface area (TPSA) is 142 Å². The highest BCUT2D eigenvalue weighted by molar-refractivity contribution is 7.72. The second-order valence-electron chi connectivity index (χ2n) is 10.7. The molecule has 0 amide bonds. The Kier molecular flexibility index (Phi) is 7.98. The number of benzene rings is 1. The van der Waals surface area contributed by atoms with Gasteiger partial charge in [-0.15, -0.1) is 0 Å². The Labute approximate surface area is 253 Å². The van der Waals surface area contributed by atoms with E-state index < -0.39 is 29.2 Å². The summed E-state index contributed by atoms with van der Waals surface area (Å²) < 4.78 is 62.6. The van der Waals surface area contributed by atoms with Crippen LogP contribution >= 0.6 is 0 Å². The molecule has 12 nitrogen and oxygen atoms in total. The van der Waals surface area contributed by atoms with Crippen molar-refractivity contribution < 1.29 is 21.9 Å². The Morgan fingerprint density at radius 2 is 1.82 bits per heavy atom. The molecular formula is C29H31F2N9O3S. The highest BCUT2D eigenvalue weighted by Gasteiger charge is 2.29. The number of pyridine rings is 1. The van der Waals surface area contributed by atoms with Crippen LogP contribution in [0.15, 0.2) is 41.6 Å². The minimum atomic E-state index is -3.05. The number of aryl methyl sites for hydroxylation is 4. The van der Waals surface area contributed by atoms with Gasteiger partial charge in [0.1, 0.15) is 23.4 Å². The Morgan fingerprint density at radius 3 is 2.48 bits per heavy atom. The summed E-state index contributed by atoms with van der Waals surface area (Å²) in [5, 5.41) is 10.7. The van der Waals surface area contributed by atoms with E-state index in [1.807, 2.05) is 27.0 Å². The summed E-state index contributed by atoms with van der Waals surface area (Å²) in [6, 6.07) is 6.48. The maximum Gasteiger partial charge on any atom is 0.295 e. The van der Waals surface area contributed by atoms with E-state index in [1.54, 1.807) is 36.1 Å². The third kappa shape index (κ3) is 5.71. The second kappa shape index (κ2) is 11.9. The van der Waals surface area contributed by atoms with Gasteiger partial charge in [0.15, 0.2) is 22.2 Å². The van der Waals surface area contributed by atoms with Gasteiger partial charge in [-0.1, -0.05) is 6.07 Å². The van der Waals surface area contributed by atoms with Crippen molar-refractivity contribution in [1.82, 2.24) is 34.3 Å². The zero-order valence-corrected chi connectivity index (χ0v) is 25.4. The van der Waals surface area contributed by atoms with Crippen molar-refractivity contribution in [2.45, 2.75) is 57.6 Å². The average Bonchev–Trinajstić information content (AvgIpc) is 3.55. The number of halogens is 2. The van der Waals surface area contributed by atoms with E-state index in [9.17, 15) is 17.2 Å². The van der Waals surface area contributed by atoms with Crippen LogP contribution in [0.3, 0.4) is 0 Å². The Hall–Kier alpha value is -4.50. The van der Waals surface area contributed by atoms with Gasteiger partial charge in [-0.3, -0.25) is 14.2 Å². The molecule has 4 aromatic heterocycles. The van der Waals surface area contributed by atoms with Crippen LogP contribution in [-0.2, 0) is 22.5 Å². The SMILES string of the molecule is Cc1cn(C)nc1-c1ccc(Nc2cc(Nc3cnc(C)c(C)n3)nc3c2nc(C(F)F)n3C2CCCCO2)c([SH](=O)=O)c1. The zero-order valence-electron chi connectivity index (χ0n) is 24.5. The summed E-state index contributed by atoms with van der Waals surface area (Å²) in [5.41, 5.74) is 4.44. The molecule has 1 unspecified atom stereocenters. The lowest BCUT2D eigenvalue weighted by molar-refractivity contribution is -0.0363. The molecule has 1 aliphatic heterocycles. The minimum absolute atomic E-state index is 0.00572. The number of hydrogen-bond donors (Lipinski definition) is 3. The number of rotatable bonds is 8. The summed E-state index contributed by atoms with van der Waals surface area (Å²) in [6.45, 7) is 5.98. The van der Waals surface area contributed by atoms with E-state index >= 15 is 0 Å². The fraction of sp³-hybridized carbons (Fsp3) is 0.345. The number of aromatic nitrogens is 7. The zero-order chi connectivity index (χ0) is 31.1. The van der Waals surface area contributed by atoms with Crippen LogP contribution in [0, 0.1) is 20.8 Å². The maximum atomic E-state index is 14.4. The summed E-state index contributed by atoms with van der Waals surface area (Å²) >= 11 is 0. The Morgan fingerprint density at radius 1 is 1.00 bits per heavy atom. The largest absolute Gasteiger partial charge is 0.358 e. The molecule has 1 fully saturated rings. The Bertz CT molecular complexity index is 1940. The molecular weight excluding hydrogens is 592 g/mol. The van der Waals surface area contributed by atoms with Gasteiger partial charge in [0.25, 0.3) is 6.43 Å². The molecule has 0 saturated carbocycles. The normalized spacial score (nSPS) is 15.4. The summed E-state index contributed by atoms with van der Waals surface area (Å²) in [6.07, 6.45) is 1.95. The summed E-state index contributed by atoms with van der Waals surface area (Å²) in [4.78, 5) is 17.8. The van der Waals surface area contributed by atoms with E-state index in [0.717, 1.165) is 24.1 Å². The molecule has 5 heterocycles. The van der Waals surface area contributed by atoms with Crippen LogP contribution in [-0.4, -0.2) is 49.3 Å². The first-order valence-corrected chi connectivity index (χ1v) is 15.2. The summed E-state index contributed by atoms with van der Waals surface area (Å²) in [7, 11) is -1.27. The molecule has 15 heteroatoms. The van der Waals surface area contributed by atoms with Gasteiger partial charge in [0, 0.05) is 31.5 Å². The van der Waals surface area contributed by atoms with Crippen molar-refractivity contribution >= 4 is 44.9 Å². The quantitative estimate of drug-likeness (QED) is 0.186. The number of ether oxygens (including phenoxy) is 1. The second-order valence-corrected chi connectivity index (χ2v) is 11.7. The fourth-order valence-corrected chi connectivity index (χ4v) is 5.88. The van der Waals surface area contributed by atoms with Crippen LogP contribution in [0.25, 0.3) is 22.4 Å². The van der Waals surface area contributed by atoms with Crippen LogP contribution in [0.5, 0.6) is 0 Å². The van der Waals surface area contributed by atoms with Gasteiger partial charge in [-0.2, -0.15) is 5.10 Å². The third-order valence-electron chi connectivity index (χ3n) is 7.51. The number of thiol groups is 1. The number of anilines is 4. The van der Waals surface area contributed by atoms with Gasteiger partial charge >= 0.3 is 0 Å².